The van der Waals surface area contributed by atoms with E-state index in [2.05, 4.69) is 20.1 Å². The van der Waals surface area contributed by atoms with Crippen LogP contribution in [0.2, 0.25) is 0 Å². The Hall–Kier alpha value is -1.83. The zero-order valence-corrected chi connectivity index (χ0v) is 9.50. The van der Waals surface area contributed by atoms with Crippen LogP contribution in [0.4, 0.5) is 5.69 Å². The lowest BCUT2D eigenvalue weighted by atomic mass is 10.4. The predicted octanol–water partition coefficient (Wildman–Crippen LogP) is 0.815. The molecule has 8 heteroatoms. The minimum atomic E-state index is -3.67. The van der Waals surface area contributed by atoms with E-state index < -0.39 is 10.0 Å². The summed E-state index contributed by atoms with van der Waals surface area (Å²) in [4.78, 5) is 0.0636. The summed E-state index contributed by atoms with van der Waals surface area (Å²) < 4.78 is 31.1. The fraction of sp³-hybridized carbons (Fsp3) is 0.250. The second kappa shape index (κ2) is 3.63. The number of anilines is 1. The van der Waals surface area contributed by atoms with Gasteiger partial charge in [0.15, 0.2) is 10.7 Å². The molecule has 0 saturated carbocycles. The Morgan fingerprint density at radius 2 is 2.19 bits per heavy atom. The lowest BCUT2D eigenvalue weighted by molar-refractivity contribution is 0.390. The zero-order chi connectivity index (χ0) is 11.8. The molecular weight excluding hydrogens is 232 g/mol. The Kier molecular flexibility index (Phi) is 2.43. The van der Waals surface area contributed by atoms with Crippen LogP contribution in [0, 0.1) is 13.8 Å². The van der Waals surface area contributed by atoms with E-state index >= 15 is 0 Å². The van der Waals surface area contributed by atoms with Gasteiger partial charge in [0, 0.05) is 6.20 Å². The van der Waals surface area contributed by atoms with Gasteiger partial charge in [0.1, 0.15) is 5.69 Å². The smallest absolute Gasteiger partial charge is 0.267 e. The summed E-state index contributed by atoms with van der Waals surface area (Å²) in [5.41, 5.74) is 0.688. The third-order valence-electron chi connectivity index (χ3n) is 1.99. The number of sulfonamides is 1. The van der Waals surface area contributed by atoms with Crippen LogP contribution in [0.15, 0.2) is 21.8 Å². The number of hydrogen-bond acceptors (Lipinski definition) is 5. The van der Waals surface area contributed by atoms with Gasteiger partial charge < -0.3 is 4.52 Å². The number of aryl methyl sites for hydroxylation is 2. The molecule has 0 atom stereocenters. The first kappa shape index (κ1) is 10.7. The third kappa shape index (κ3) is 1.78. The van der Waals surface area contributed by atoms with Gasteiger partial charge >= 0.3 is 0 Å². The van der Waals surface area contributed by atoms with E-state index in [0.717, 1.165) is 0 Å². The molecule has 2 N–H and O–H groups in total. The Morgan fingerprint density at radius 3 is 2.69 bits per heavy atom. The lowest BCUT2D eigenvalue weighted by Gasteiger charge is -2.03. The van der Waals surface area contributed by atoms with Crippen molar-refractivity contribution >= 4 is 15.7 Å². The summed E-state index contributed by atoms with van der Waals surface area (Å²) in [6, 6.07) is 0. The van der Waals surface area contributed by atoms with Crippen molar-refractivity contribution in [1.29, 1.82) is 0 Å². The fourth-order valence-electron chi connectivity index (χ4n) is 1.37. The molecule has 0 fully saturated rings. The van der Waals surface area contributed by atoms with Crippen LogP contribution < -0.4 is 4.72 Å². The summed E-state index contributed by atoms with van der Waals surface area (Å²) in [7, 11) is -3.67. The fourth-order valence-corrected chi connectivity index (χ4v) is 2.74. The van der Waals surface area contributed by atoms with Gasteiger partial charge in [0.25, 0.3) is 10.0 Å². The molecule has 2 rings (SSSR count). The zero-order valence-electron chi connectivity index (χ0n) is 8.68. The molecule has 0 aromatic carbocycles. The van der Waals surface area contributed by atoms with Crippen LogP contribution in [0.1, 0.15) is 11.5 Å². The van der Waals surface area contributed by atoms with Gasteiger partial charge in [-0.2, -0.15) is 5.10 Å². The summed E-state index contributed by atoms with van der Waals surface area (Å²) in [6.45, 7) is 3.12. The number of nitrogens with one attached hydrogen (secondary N) is 2. The van der Waals surface area contributed by atoms with Crippen molar-refractivity contribution in [3.63, 3.8) is 0 Å². The largest absolute Gasteiger partial charge is 0.360 e. The molecule has 0 radical (unpaired) electrons. The minimum absolute atomic E-state index is 0.0636. The molecule has 7 nitrogen and oxygen atoms in total. The Morgan fingerprint density at radius 1 is 1.44 bits per heavy atom. The van der Waals surface area contributed by atoms with E-state index in [-0.39, 0.29) is 10.7 Å². The van der Waals surface area contributed by atoms with E-state index in [0.29, 0.717) is 11.4 Å². The number of aromatic nitrogens is 3. The SMILES string of the molecule is Cc1noc(C)c1S(=O)(=O)Nc1cn[nH]c1. The molecule has 16 heavy (non-hydrogen) atoms. The molecule has 2 aromatic heterocycles. The van der Waals surface area contributed by atoms with Crippen LogP contribution in [0.25, 0.3) is 0 Å². The van der Waals surface area contributed by atoms with Crippen molar-refractivity contribution < 1.29 is 12.9 Å². The van der Waals surface area contributed by atoms with Gasteiger partial charge in [-0.1, -0.05) is 5.16 Å². The first-order chi connectivity index (χ1) is 7.50. The van der Waals surface area contributed by atoms with Gasteiger partial charge in [0.05, 0.1) is 11.9 Å². The van der Waals surface area contributed by atoms with Crippen molar-refractivity contribution in [1.82, 2.24) is 15.4 Å². The lowest BCUT2D eigenvalue weighted by Crippen LogP contribution is -2.14. The molecule has 0 spiro atoms. The molecule has 0 aliphatic heterocycles. The molecule has 0 aliphatic rings. The Labute approximate surface area is 91.9 Å². The molecular formula is C8H10N4O3S. The topological polar surface area (TPSA) is 101 Å². The average Bonchev–Trinajstić information content (AvgIpc) is 2.76. The molecule has 0 bridgehead atoms. The number of aromatic amines is 1. The average molecular weight is 242 g/mol. The monoisotopic (exact) mass is 242 g/mol. The van der Waals surface area contributed by atoms with E-state index in [9.17, 15) is 8.42 Å². The molecule has 0 saturated heterocycles. The van der Waals surface area contributed by atoms with E-state index in [1.165, 1.54) is 12.4 Å². The van der Waals surface area contributed by atoms with Crippen LogP contribution in [-0.2, 0) is 10.0 Å². The highest BCUT2D eigenvalue weighted by molar-refractivity contribution is 7.92. The molecule has 0 unspecified atom stereocenters. The van der Waals surface area contributed by atoms with Crippen LogP contribution >= 0.6 is 0 Å². The normalized spacial score (nSPS) is 11.6. The van der Waals surface area contributed by atoms with Gasteiger partial charge in [-0.15, -0.1) is 0 Å². The quantitative estimate of drug-likeness (QED) is 0.829. The summed E-state index contributed by atoms with van der Waals surface area (Å²) in [5, 5.41) is 9.75. The number of nitrogens with zero attached hydrogens (tertiary/aromatic N) is 2. The van der Waals surface area contributed by atoms with Gasteiger partial charge in [-0.3, -0.25) is 9.82 Å². The van der Waals surface area contributed by atoms with Gasteiger partial charge in [-0.25, -0.2) is 8.42 Å². The molecule has 2 aromatic rings. The summed E-state index contributed by atoms with van der Waals surface area (Å²) in [5.74, 6) is 0.258. The maximum absolute atomic E-state index is 11.9. The highest BCUT2D eigenvalue weighted by atomic mass is 32.2. The molecule has 0 aliphatic carbocycles. The number of hydrogen-bond donors (Lipinski definition) is 2. The first-order valence-corrected chi connectivity index (χ1v) is 5.93. The van der Waals surface area contributed by atoms with Crippen molar-refractivity contribution in [2.45, 2.75) is 18.7 Å². The highest BCUT2D eigenvalue weighted by Gasteiger charge is 2.24. The first-order valence-electron chi connectivity index (χ1n) is 4.45. The second-order valence-corrected chi connectivity index (χ2v) is 4.87. The van der Waals surface area contributed by atoms with Crippen LogP contribution in [0.5, 0.6) is 0 Å². The van der Waals surface area contributed by atoms with E-state index in [1.807, 2.05) is 0 Å². The van der Waals surface area contributed by atoms with Crippen molar-refractivity contribution in [3.8, 4) is 0 Å². The number of H-pyrrole nitrogens is 1. The van der Waals surface area contributed by atoms with Crippen LogP contribution in [0.3, 0.4) is 0 Å². The Balaban J connectivity index is 2.40. The maximum Gasteiger partial charge on any atom is 0.267 e. The molecule has 86 valence electrons. The maximum atomic E-state index is 11.9. The standard InChI is InChI=1S/C8H10N4O3S/c1-5-8(6(2)15-11-5)16(13,14)12-7-3-9-10-4-7/h3-4,12H,1-2H3,(H,9,10). The number of rotatable bonds is 3. The predicted molar refractivity (Wildman–Crippen MR) is 55.4 cm³/mol. The third-order valence-corrected chi connectivity index (χ3v) is 3.61. The second-order valence-electron chi connectivity index (χ2n) is 3.25. The minimum Gasteiger partial charge on any atom is -0.360 e. The summed E-state index contributed by atoms with van der Waals surface area (Å²) in [6.07, 6.45) is 2.81. The van der Waals surface area contributed by atoms with Crippen molar-refractivity contribution in [2.75, 3.05) is 4.72 Å². The highest BCUT2D eigenvalue weighted by Crippen LogP contribution is 2.21. The van der Waals surface area contributed by atoms with E-state index in [1.54, 1.807) is 13.8 Å². The molecule has 0 amide bonds. The Bertz CT molecular complexity index is 565. The van der Waals surface area contributed by atoms with Crippen LogP contribution in [-0.4, -0.2) is 23.8 Å². The summed E-state index contributed by atoms with van der Waals surface area (Å²) >= 11 is 0. The van der Waals surface area contributed by atoms with Gasteiger partial charge in [-0.05, 0) is 13.8 Å². The molecule has 2 heterocycles. The van der Waals surface area contributed by atoms with Crippen molar-refractivity contribution in [3.05, 3.63) is 23.8 Å². The van der Waals surface area contributed by atoms with E-state index in [4.69, 9.17) is 4.52 Å². The van der Waals surface area contributed by atoms with Crippen molar-refractivity contribution in [2.24, 2.45) is 0 Å². The van der Waals surface area contributed by atoms with Gasteiger partial charge in [0.2, 0.25) is 0 Å².